The average Bonchev–Trinajstić information content (AvgIpc) is 3.71. The summed E-state index contributed by atoms with van der Waals surface area (Å²) in [6, 6.07) is 82.5. The van der Waals surface area contributed by atoms with Gasteiger partial charge in [0.15, 0.2) is 0 Å². The third kappa shape index (κ3) is 5.61. The van der Waals surface area contributed by atoms with Crippen LogP contribution in [0.15, 0.2) is 224 Å². The van der Waals surface area contributed by atoms with Crippen LogP contribution < -0.4 is 4.90 Å². The van der Waals surface area contributed by atoms with Gasteiger partial charge < -0.3 is 4.90 Å². The van der Waals surface area contributed by atoms with Gasteiger partial charge in [-0.25, -0.2) is 0 Å². The molecule has 0 aliphatic rings. The van der Waals surface area contributed by atoms with Gasteiger partial charge >= 0.3 is 0 Å². The summed E-state index contributed by atoms with van der Waals surface area (Å²) in [7, 11) is 0. The van der Waals surface area contributed by atoms with Gasteiger partial charge in [0.25, 0.3) is 0 Å². The molecule has 0 atom stereocenters. The highest BCUT2D eigenvalue weighted by molar-refractivity contribution is 7.26. The van der Waals surface area contributed by atoms with Gasteiger partial charge in [-0.2, -0.15) is 0 Å². The van der Waals surface area contributed by atoms with Gasteiger partial charge in [0.1, 0.15) is 0 Å². The Morgan fingerprint density at radius 3 is 1.62 bits per heavy atom. The number of nitrogens with zero attached hydrogens (tertiary/aromatic N) is 1. The lowest BCUT2D eigenvalue weighted by Crippen LogP contribution is -2.10. The van der Waals surface area contributed by atoms with Crippen molar-refractivity contribution < 1.29 is 0 Å². The predicted molar refractivity (Wildman–Crippen MR) is 260 cm³/mol. The van der Waals surface area contributed by atoms with Crippen LogP contribution in [0.4, 0.5) is 17.1 Å². The molecule has 0 saturated carbocycles. The number of anilines is 3. The molecule has 12 aromatic rings. The van der Waals surface area contributed by atoms with E-state index in [4.69, 9.17) is 0 Å². The van der Waals surface area contributed by atoms with Crippen molar-refractivity contribution in [3.05, 3.63) is 224 Å². The maximum atomic E-state index is 2.45. The second-order valence-electron chi connectivity index (χ2n) is 15.6. The summed E-state index contributed by atoms with van der Waals surface area (Å²) >= 11 is 1.86. The molecule has 0 fully saturated rings. The molecule has 11 aromatic carbocycles. The van der Waals surface area contributed by atoms with E-state index in [2.05, 4.69) is 229 Å². The van der Waals surface area contributed by atoms with Crippen LogP contribution >= 0.6 is 11.3 Å². The highest BCUT2D eigenvalue weighted by atomic mass is 32.1. The van der Waals surface area contributed by atoms with Crippen molar-refractivity contribution in [2.45, 2.75) is 0 Å². The molecule has 0 spiro atoms. The van der Waals surface area contributed by atoms with E-state index in [-0.39, 0.29) is 0 Å². The Morgan fingerprint density at radius 2 is 0.833 bits per heavy atom. The van der Waals surface area contributed by atoms with E-state index >= 15 is 0 Å². The lowest BCUT2D eigenvalue weighted by molar-refractivity contribution is 1.31. The molecule has 0 amide bonds. The number of benzene rings is 11. The van der Waals surface area contributed by atoms with Gasteiger partial charge in [0.2, 0.25) is 0 Å². The fourth-order valence-corrected chi connectivity index (χ4v) is 10.6. The lowest BCUT2D eigenvalue weighted by Gasteiger charge is -2.27. The van der Waals surface area contributed by atoms with Gasteiger partial charge in [-0.15, -0.1) is 11.3 Å². The third-order valence-electron chi connectivity index (χ3n) is 12.2. The lowest BCUT2D eigenvalue weighted by atomic mass is 9.84. The highest BCUT2D eigenvalue weighted by Gasteiger charge is 2.21. The number of hydrogen-bond donors (Lipinski definition) is 0. The first kappa shape index (κ1) is 34.5. The highest BCUT2D eigenvalue weighted by Crippen LogP contribution is 2.48. The van der Waals surface area contributed by atoms with Crippen LogP contribution in [0.1, 0.15) is 0 Å². The Kier molecular flexibility index (Phi) is 8.11. The third-order valence-corrected chi connectivity index (χ3v) is 13.4. The van der Waals surface area contributed by atoms with E-state index in [9.17, 15) is 0 Å². The molecule has 1 aromatic heterocycles. The summed E-state index contributed by atoms with van der Waals surface area (Å²) in [5, 5.41) is 12.6. The molecule has 0 N–H and O–H groups in total. The summed E-state index contributed by atoms with van der Waals surface area (Å²) in [5.74, 6) is 0. The molecule has 0 aliphatic heterocycles. The molecule has 0 unspecified atom stereocenters. The Bertz CT molecular complexity index is 3590. The number of rotatable bonds is 6. The van der Waals surface area contributed by atoms with Crippen molar-refractivity contribution >= 4 is 91.7 Å². The van der Waals surface area contributed by atoms with Gasteiger partial charge in [-0.05, 0) is 125 Å². The van der Waals surface area contributed by atoms with Crippen molar-refractivity contribution in [2.75, 3.05) is 4.90 Å². The second-order valence-corrected chi connectivity index (χ2v) is 16.7. The van der Waals surface area contributed by atoms with E-state index < -0.39 is 0 Å². The van der Waals surface area contributed by atoms with Crippen LogP contribution in [0, 0.1) is 0 Å². The predicted octanol–water partition coefficient (Wildman–Crippen LogP) is 17.1. The Morgan fingerprint density at radius 1 is 0.283 bits per heavy atom. The SMILES string of the molecule is c1ccc(-c2c(-c3ccccc3)c3cc(-c4ccc(N(c5ccc6c(ccc7ccccc76)c5)c5cccc6sc7ccccc7c56)cc4)ccc3c3ccccc23)cc1. The standard InChI is InChI=1S/C58H37NS/c1-3-15-40(16-4-1)56-50-21-10-9-20-48(50)49-34-30-42(37-52(49)57(56)41-17-5-2-6-18-41)38-28-31-44(32-29-38)59(53-23-13-25-55-58(53)51-22-11-12-24-54(51)60-55)45-33-35-47-43(36-45)27-26-39-14-7-8-19-46(39)47/h1-37H. The molecular weight excluding hydrogens is 743 g/mol. The molecule has 60 heavy (non-hydrogen) atoms. The first-order valence-corrected chi connectivity index (χ1v) is 21.4. The topological polar surface area (TPSA) is 3.24 Å². The fourth-order valence-electron chi connectivity index (χ4n) is 9.49. The molecular formula is C58H37NS. The number of fused-ring (bicyclic) bond motifs is 9. The minimum absolute atomic E-state index is 1.12. The van der Waals surface area contributed by atoms with Gasteiger partial charge in [0.05, 0.1) is 5.69 Å². The normalized spacial score (nSPS) is 11.7. The van der Waals surface area contributed by atoms with E-state index in [0.717, 1.165) is 11.4 Å². The summed E-state index contributed by atoms with van der Waals surface area (Å²) < 4.78 is 2.59. The molecule has 1 heterocycles. The van der Waals surface area contributed by atoms with Crippen LogP contribution in [-0.4, -0.2) is 0 Å². The second kappa shape index (κ2) is 14.1. The minimum Gasteiger partial charge on any atom is -0.310 e. The monoisotopic (exact) mass is 779 g/mol. The van der Waals surface area contributed by atoms with Crippen molar-refractivity contribution in [2.24, 2.45) is 0 Å². The minimum atomic E-state index is 1.12. The van der Waals surface area contributed by atoms with Crippen molar-refractivity contribution in [3.63, 3.8) is 0 Å². The maximum Gasteiger partial charge on any atom is 0.0554 e. The zero-order valence-corrected chi connectivity index (χ0v) is 33.5. The van der Waals surface area contributed by atoms with E-state index in [1.54, 1.807) is 0 Å². The molecule has 2 heteroatoms. The Balaban J connectivity index is 1.05. The van der Waals surface area contributed by atoms with Crippen molar-refractivity contribution in [1.82, 2.24) is 0 Å². The van der Waals surface area contributed by atoms with Crippen LogP contribution in [0.25, 0.3) is 96.6 Å². The van der Waals surface area contributed by atoms with Crippen LogP contribution in [0.5, 0.6) is 0 Å². The van der Waals surface area contributed by atoms with Crippen LogP contribution in [0.3, 0.4) is 0 Å². The molecule has 0 radical (unpaired) electrons. The Labute approximate surface area is 352 Å². The first-order valence-electron chi connectivity index (χ1n) is 20.6. The molecule has 1 nitrogen and oxygen atoms in total. The van der Waals surface area contributed by atoms with Gasteiger partial charge in [-0.3, -0.25) is 0 Å². The summed E-state index contributed by atoms with van der Waals surface area (Å²) in [5.41, 5.74) is 10.8. The van der Waals surface area contributed by atoms with Gasteiger partial charge in [0, 0.05) is 31.5 Å². The summed E-state index contributed by atoms with van der Waals surface area (Å²) in [4.78, 5) is 2.45. The molecule has 0 aliphatic carbocycles. The van der Waals surface area contributed by atoms with E-state index in [0.29, 0.717) is 0 Å². The quantitative estimate of drug-likeness (QED) is 0.152. The largest absolute Gasteiger partial charge is 0.310 e. The maximum absolute atomic E-state index is 2.45. The summed E-state index contributed by atoms with van der Waals surface area (Å²) in [6.45, 7) is 0. The summed E-state index contributed by atoms with van der Waals surface area (Å²) in [6.07, 6.45) is 0. The zero-order valence-electron chi connectivity index (χ0n) is 32.7. The molecule has 12 rings (SSSR count). The molecule has 0 saturated heterocycles. The number of thiophene rings is 1. The smallest absolute Gasteiger partial charge is 0.0554 e. The average molecular weight is 780 g/mol. The number of hydrogen-bond acceptors (Lipinski definition) is 2. The van der Waals surface area contributed by atoms with Crippen molar-refractivity contribution in [1.29, 1.82) is 0 Å². The van der Waals surface area contributed by atoms with Gasteiger partial charge in [-0.1, -0.05) is 176 Å². The van der Waals surface area contributed by atoms with E-state index in [1.165, 1.54) is 102 Å². The Hall–Kier alpha value is -7.52. The molecule has 0 bridgehead atoms. The fraction of sp³-hybridized carbons (Fsp3) is 0. The van der Waals surface area contributed by atoms with E-state index in [1.807, 2.05) is 11.3 Å². The zero-order chi connectivity index (χ0) is 39.6. The molecule has 280 valence electrons. The van der Waals surface area contributed by atoms with Crippen molar-refractivity contribution in [3.8, 4) is 33.4 Å². The van der Waals surface area contributed by atoms with Crippen LogP contribution in [0.2, 0.25) is 0 Å². The van der Waals surface area contributed by atoms with Crippen LogP contribution in [-0.2, 0) is 0 Å². The first-order chi connectivity index (χ1) is 29.8.